The summed E-state index contributed by atoms with van der Waals surface area (Å²) in [6.45, 7) is 0.0913. The fraction of sp³-hybridized carbons (Fsp3) is 1.00. The number of ether oxygens (including phenoxy) is 1. The normalized spacial score (nSPS) is 13.4. The molecule has 3 nitrogen and oxygen atoms in total. The average Bonchev–Trinajstić information content (AvgIpc) is 2.14. The van der Waals surface area contributed by atoms with E-state index in [0.29, 0.717) is 19.7 Å². The minimum atomic E-state index is -5.50. The molecule has 0 amide bonds. The van der Waals surface area contributed by atoms with E-state index in [1.165, 1.54) is 14.2 Å². The van der Waals surface area contributed by atoms with E-state index < -0.39 is 18.6 Å². The highest BCUT2D eigenvalue weighted by molar-refractivity contribution is 4.79. The van der Waals surface area contributed by atoms with Crippen LogP contribution in [0.3, 0.4) is 0 Å². The van der Waals surface area contributed by atoms with Gasteiger partial charge in [-0.1, -0.05) is 0 Å². The van der Waals surface area contributed by atoms with Crippen molar-refractivity contribution in [2.75, 3.05) is 46.9 Å². The van der Waals surface area contributed by atoms with Crippen LogP contribution in [0.25, 0.3) is 0 Å². The molecule has 1 N–H and O–H groups in total. The molecule has 0 unspecified atom stereocenters. The van der Waals surface area contributed by atoms with E-state index in [1.54, 1.807) is 0 Å². The topological polar surface area (TPSA) is 24.5 Å². The molecule has 0 aromatic rings. The fourth-order valence-corrected chi connectivity index (χ4v) is 1.08. The van der Waals surface area contributed by atoms with Crippen molar-refractivity contribution >= 4 is 0 Å². The number of methoxy groups -OCH3 is 1. The molecule has 0 spiro atoms. The highest BCUT2D eigenvalue weighted by atomic mass is 19.4. The van der Waals surface area contributed by atoms with Crippen LogP contribution in [0.1, 0.15) is 0 Å². The Labute approximate surface area is 96.9 Å². The van der Waals surface area contributed by atoms with E-state index >= 15 is 0 Å². The van der Waals surface area contributed by atoms with Crippen LogP contribution in [0.5, 0.6) is 0 Å². The molecule has 0 heterocycles. The van der Waals surface area contributed by atoms with Crippen molar-refractivity contribution in [2.45, 2.75) is 12.1 Å². The van der Waals surface area contributed by atoms with Crippen LogP contribution in [0.15, 0.2) is 0 Å². The molecular formula is C9H17F5N2O. The summed E-state index contributed by atoms with van der Waals surface area (Å²) in [5.74, 6) is -4.67. The molecule has 0 atom stereocenters. The Morgan fingerprint density at radius 3 is 2.18 bits per heavy atom. The van der Waals surface area contributed by atoms with Crippen LogP contribution < -0.4 is 5.32 Å². The SMILES string of the molecule is COCCNCCN(C)CC(F)(F)C(F)(F)F. The average molecular weight is 264 g/mol. The monoisotopic (exact) mass is 264 g/mol. The number of halogens is 5. The van der Waals surface area contributed by atoms with Gasteiger partial charge in [-0.25, -0.2) is 0 Å². The number of alkyl halides is 5. The fourth-order valence-electron chi connectivity index (χ4n) is 1.08. The van der Waals surface area contributed by atoms with E-state index in [9.17, 15) is 22.0 Å². The van der Waals surface area contributed by atoms with Crippen LogP contribution in [0.4, 0.5) is 22.0 Å². The summed E-state index contributed by atoms with van der Waals surface area (Å²) in [6, 6.07) is 0. The number of nitrogens with one attached hydrogen (secondary N) is 1. The summed E-state index contributed by atoms with van der Waals surface area (Å²) >= 11 is 0. The van der Waals surface area contributed by atoms with Gasteiger partial charge in [0.1, 0.15) is 0 Å². The Bertz CT molecular complexity index is 210. The summed E-state index contributed by atoms with van der Waals surface area (Å²) in [6.07, 6.45) is -5.50. The zero-order chi connectivity index (χ0) is 13.5. The first-order chi connectivity index (χ1) is 7.70. The van der Waals surface area contributed by atoms with E-state index in [2.05, 4.69) is 5.32 Å². The molecule has 0 aliphatic carbocycles. The number of hydrogen-bond donors (Lipinski definition) is 1. The Balaban J connectivity index is 3.82. The quantitative estimate of drug-likeness (QED) is 0.529. The second kappa shape index (κ2) is 7.07. The van der Waals surface area contributed by atoms with E-state index in [-0.39, 0.29) is 6.54 Å². The van der Waals surface area contributed by atoms with Crippen LogP contribution in [-0.2, 0) is 4.74 Å². The largest absolute Gasteiger partial charge is 0.454 e. The Morgan fingerprint density at radius 2 is 1.71 bits per heavy atom. The third kappa shape index (κ3) is 6.75. The lowest BCUT2D eigenvalue weighted by atomic mass is 10.3. The van der Waals surface area contributed by atoms with Gasteiger partial charge < -0.3 is 10.1 Å². The lowest BCUT2D eigenvalue weighted by molar-refractivity contribution is -0.285. The van der Waals surface area contributed by atoms with Crippen molar-refractivity contribution in [3.8, 4) is 0 Å². The molecule has 0 aromatic carbocycles. The van der Waals surface area contributed by atoms with Gasteiger partial charge in [0.25, 0.3) is 0 Å². The van der Waals surface area contributed by atoms with Gasteiger partial charge in [-0.3, -0.25) is 4.90 Å². The van der Waals surface area contributed by atoms with Crippen molar-refractivity contribution < 1.29 is 26.7 Å². The molecule has 0 aliphatic rings. The summed E-state index contributed by atoms with van der Waals surface area (Å²) in [4.78, 5) is 0.938. The third-order valence-electron chi connectivity index (χ3n) is 2.04. The van der Waals surface area contributed by atoms with Gasteiger partial charge in [0.2, 0.25) is 0 Å². The smallest absolute Gasteiger partial charge is 0.383 e. The highest BCUT2D eigenvalue weighted by Gasteiger charge is 2.57. The first-order valence-electron chi connectivity index (χ1n) is 5.03. The van der Waals surface area contributed by atoms with Crippen molar-refractivity contribution in [1.29, 1.82) is 0 Å². The van der Waals surface area contributed by atoms with Gasteiger partial charge in [-0.15, -0.1) is 0 Å². The van der Waals surface area contributed by atoms with Crippen molar-refractivity contribution in [3.63, 3.8) is 0 Å². The molecule has 17 heavy (non-hydrogen) atoms. The van der Waals surface area contributed by atoms with Gasteiger partial charge in [0, 0.05) is 26.7 Å². The van der Waals surface area contributed by atoms with Crippen molar-refractivity contribution in [3.05, 3.63) is 0 Å². The second-order valence-electron chi connectivity index (χ2n) is 3.68. The molecular weight excluding hydrogens is 247 g/mol. The van der Waals surface area contributed by atoms with E-state index in [1.807, 2.05) is 0 Å². The predicted molar refractivity (Wildman–Crippen MR) is 53.2 cm³/mol. The zero-order valence-corrected chi connectivity index (χ0v) is 9.78. The first kappa shape index (κ1) is 16.5. The first-order valence-corrected chi connectivity index (χ1v) is 5.03. The van der Waals surface area contributed by atoms with Crippen molar-refractivity contribution in [1.82, 2.24) is 10.2 Å². The van der Waals surface area contributed by atoms with Gasteiger partial charge in [-0.05, 0) is 7.05 Å². The van der Waals surface area contributed by atoms with Crippen molar-refractivity contribution in [2.24, 2.45) is 0 Å². The van der Waals surface area contributed by atoms with Gasteiger partial charge in [-0.2, -0.15) is 22.0 Å². The summed E-state index contributed by atoms with van der Waals surface area (Å²) in [5.41, 5.74) is 0. The molecule has 104 valence electrons. The maximum Gasteiger partial charge on any atom is 0.454 e. The minimum absolute atomic E-state index is 0.107. The Kier molecular flexibility index (Phi) is 6.88. The molecule has 0 saturated heterocycles. The summed E-state index contributed by atoms with van der Waals surface area (Å²) in [7, 11) is 2.73. The molecule has 0 fully saturated rings. The van der Waals surface area contributed by atoms with Crippen LogP contribution in [0.2, 0.25) is 0 Å². The number of hydrogen-bond acceptors (Lipinski definition) is 3. The summed E-state index contributed by atoms with van der Waals surface area (Å²) in [5, 5.41) is 2.85. The molecule has 0 rings (SSSR count). The minimum Gasteiger partial charge on any atom is -0.383 e. The van der Waals surface area contributed by atoms with Gasteiger partial charge in [0.05, 0.1) is 13.2 Å². The van der Waals surface area contributed by atoms with E-state index in [0.717, 1.165) is 4.90 Å². The van der Waals surface area contributed by atoms with Gasteiger partial charge in [0.15, 0.2) is 0 Å². The number of nitrogens with zero attached hydrogens (tertiary/aromatic N) is 1. The maximum atomic E-state index is 12.6. The lowest BCUT2D eigenvalue weighted by Gasteiger charge is -2.25. The molecule has 0 aromatic heterocycles. The third-order valence-corrected chi connectivity index (χ3v) is 2.04. The number of rotatable bonds is 8. The number of likely N-dealkylation sites (N-methyl/N-ethyl adjacent to an activating group) is 1. The van der Waals surface area contributed by atoms with Crippen LogP contribution >= 0.6 is 0 Å². The Morgan fingerprint density at radius 1 is 1.12 bits per heavy atom. The lowest BCUT2D eigenvalue weighted by Crippen LogP contribution is -2.47. The highest BCUT2D eigenvalue weighted by Crippen LogP contribution is 2.35. The standard InChI is InChI=1S/C9H17F5N2O/c1-16(5-3-15-4-6-17-2)7-8(10,11)9(12,13)14/h15H,3-7H2,1-2H3. The Hall–Kier alpha value is -0.470. The molecule has 0 radical (unpaired) electrons. The summed E-state index contributed by atoms with van der Waals surface area (Å²) < 4.78 is 65.6. The molecule has 0 bridgehead atoms. The zero-order valence-electron chi connectivity index (χ0n) is 9.78. The van der Waals surface area contributed by atoms with E-state index in [4.69, 9.17) is 4.74 Å². The second-order valence-corrected chi connectivity index (χ2v) is 3.68. The molecule has 0 aliphatic heterocycles. The molecule has 8 heteroatoms. The van der Waals surface area contributed by atoms with Gasteiger partial charge >= 0.3 is 12.1 Å². The molecule has 0 saturated carbocycles. The van der Waals surface area contributed by atoms with Crippen LogP contribution in [-0.4, -0.2) is 63.9 Å². The van der Waals surface area contributed by atoms with Crippen LogP contribution in [0, 0.1) is 0 Å². The maximum absolute atomic E-state index is 12.6. The predicted octanol–water partition coefficient (Wildman–Crippen LogP) is 1.35.